The first kappa shape index (κ1) is 22.5. The van der Waals surface area contributed by atoms with Gasteiger partial charge in [0.05, 0.1) is 6.21 Å². The van der Waals surface area contributed by atoms with Gasteiger partial charge in [-0.15, -0.1) is 0 Å². The summed E-state index contributed by atoms with van der Waals surface area (Å²) < 4.78 is 7.14. The van der Waals surface area contributed by atoms with Crippen molar-refractivity contribution in [1.82, 2.24) is 0 Å². The summed E-state index contributed by atoms with van der Waals surface area (Å²) in [7, 11) is -2.13. The molecule has 0 saturated heterocycles. The van der Waals surface area contributed by atoms with Gasteiger partial charge in [-0.1, -0.05) is 84.3 Å². The molecule has 2 rings (SSSR count). The Balaban J connectivity index is 2.79. The van der Waals surface area contributed by atoms with E-state index in [1.165, 1.54) is 10.9 Å². The summed E-state index contributed by atoms with van der Waals surface area (Å²) in [6.07, 6.45) is 4.79. The van der Waals surface area contributed by atoms with Crippen molar-refractivity contribution < 1.29 is 9.63 Å². The minimum atomic E-state index is -2.13. The van der Waals surface area contributed by atoms with E-state index >= 15 is 0 Å². The van der Waals surface area contributed by atoms with Crippen LogP contribution in [-0.2, 0) is 6.42 Å². The smallest absolute Gasteiger partial charge is 0.258 e. The number of benzene rings is 2. The molecule has 2 aromatic rings. The Morgan fingerprint density at radius 3 is 2.18 bits per heavy atom. The van der Waals surface area contributed by atoms with E-state index in [1.807, 2.05) is 6.07 Å². The number of oxime groups is 1. The number of rotatable bonds is 9. The van der Waals surface area contributed by atoms with Crippen LogP contribution in [0.5, 0.6) is 5.75 Å². The molecule has 1 N–H and O–H groups in total. The molecule has 0 aliphatic heterocycles. The summed E-state index contributed by atoms with van der Waals surface area (Å²) in [4.78, 5) is 0. The predicted molar refractivity (Wildman–Crippen MR) is 124 cm³/mol. The first-order valence-corrected chi connectivity index (χ1v) is 12.8. The molecule has 0 saturated carbocycles. The third-order valence-corrected chi connectivity index (χ3v) is 12.1. The maximum Gasteiger partial charge on any atom is 0.258 e. The zero-order valence-electron chi connectivity index (χ0n) is 18.6. The number of aryl methyl sites for hydroxylation is 1. The molecule has 0 aliphatic carbocycles. The lowest BCUT2D eigenvalue weighted by Crippen LogP contribution is -2.51. The third-order valence-electron chi connectivity index (χ3n) is 6.09. The van der Waals surface area contributed by atoms with Crippen LogP contribution in [0.3, 0.4) is 0 Å². The van der Waals surface area contributed by atoms with E-state index in [2.05, 4.69) is 77.9 Å². The van der Waals surface area contributed by atoms with Gasteiger partial charge in [-0.05, 0) is 51.9 Å². The number of unbranched alkanes of at least 4 members (excludes halogenated alkanes) is 1. The van der Waals surface area contributed by atoms with Gasteiger partial charge < -0.3 is 9.63 Å². The normalized spacial score (nSPS) is 12.8. The van der Waals surface area contributed by atoms with E-state index in [0.29, 0.717) is 16.6 Å². The van der Waals surface area contributed by atoms with Gasteiger partial charge >= 0.3 is 0 Å². The molecule has 0 atom stereocenters. The summed E-state index contributed by atoms with van der Waals surface area (Å²) >= 11 is 0. The second kappa shape index (κ2) is 9.60. The molecule has 3 nitrogen and oxygen atoms in total. The van der Waals surface area contributed by atoms with Gasteiger partial charge in [0.2, 0.25) is 0 Å². The van der Waals surface area contributed by atoms with Crippen LogP contribution in [0, 0.1) is 0 Å². The van der Waals surface area contributed by atoms with Crippen molar-refractivity contribution in [3.8, 4) is 5.75 Å². The van der Waals surface area contributed by atoms with Crippen molar-refractivity contribution in [2.45, 2.75) is 84.4 Å². The molecular formula is C24H37NO2Si. The van der Waals surface area contributed by atoms with Crippen molar-refractivity contribution in [1.29, 1.82) is 0 Å². The molecule has 154 valence electrons. The largest absolute Gasteiger partial charge is 0.542 e. The molecular weight excluding hydrogens is 362 g/mol. The molecule has 4 heteroatoms. The summed E-state index contributed by atoms with van der Waals surface area (Å²) in [6, 6.07) is 10.6. The van der Waals surface area contributed by atoms with Gasteiger partial charge in [-0.25, -0.2) is 0 Å². The Labute approximate surface area is 171 Å². The molecule has 28 heavy (non-hydrogen) atoms. The predicted octanol–water partition coefficient (Wildman–Crippen LogP) is 7.54. The van der Waals surface area contributed by atoms with Gasteiger partial charge in [0.1, 0.15) is 5.75 Å². The number of nitrogens with zero attached hydrogens (tertiary/aromatic N) is 1. The van der Waals surface area contributed by atoms with Crippen LogP contribution in [0.15, 0.2) is 35.5 Å². The fraction of sp³-hybridized carbons (Fsp3) is 0.542. The van der Waals surface area contributed by atoms with Crippen LogP contribution in [0.25, 0.3) is 10.8 Å². The van der Waals surface area contributed by atoms with E-state index in [4.69, 9.17) is 4.43 Å². The van der Waals surface area contributed by atoms with Crippen LogP contribution in [0.2, 0.25) is 16.6 Å². The third kappa shape index (κ3) is 4.27. The Hall–Kier alpha value is -1.81. The van der Waals surface area contributed by atoms with Crippen LogP contribution in [0.1, 0.15) is 72.4 Å². The van der Waals surface area contributed by atoms with Crippen molar-refractivity contribution in [3.05, 3.63) is 41.5 Å². The van der Waals surface area contributed by atoms with Crippen molar-refractivity contribution in [3.63, 3.8) is 0 Å². The highest BCUT2D eigenvalue weighted by atomic mass is 28.4. The van der Waals surface area contributed by atoms with E-state index in [0.717, 1.165) is 36.0 Å². The average Bonchev–Trinajstić information content (AvgIpc) is 2.64. The standard InChI is InChI=1S/C24H37NO2Si/c1-8-9-12-21-15-20-13-10-11-14-22(20)23(16-25-26)24(21)27-28(17(2)3,18(4)5)19(6)7/h10-11,13-19,26H,8-9,12H2,1-7H3/b25-16+. The fourth-order valence-corrected chi connectivity index (χ4v) is 10.1. The lowest BCUT2D eigenvalue weighted by atomic mass is 9.97. The molecule has 0 unspecified atom stereocenters. The molecule has 0 radical (unpaired) electrons. The van der Waals surface area contributed by atoms with Gasteiger partial charge in [-0.2, -0.15) is 0 Å². The van der Waals surface area contributed by atoms with E-state index in [1.54, 1.807) is 6.21 Å². The molecule has 0 amide bonds. The van der Waals surface area contributed by atoms with Gasteiger partial charge in [0, 0.05) is 5.56 Å². The lowest BCUT2D eigenvalue weighted by Gasteiger charge is -2.43. The summed E-state index contributed by atoms with van der Waals surface area (Å²) in [5, 5.41) is 15.1. The maximum atomic E-state index is 9.42. The van der Waals surface area contributed by atoms with Gasteiger partial charge in [0.25, 0.3) is 8.32 Å². The zero-order valence-corrected chi connectivity index (χ0v) is 19.6. The highest BCUT2D eigenvalue weighted by molar-refractivity contribution is 6.78. The van der Waals surface area contributed by atoms with Gasteiger partial charge in [-0.3, -0.25) is 0 Å². The highest BCUT2D eigenvalue weighted by Crippen LogP contribution is 2.45. The second-order valence-corrected chi connectivity index (χ2v) is 14.1. The SMILES string of the molecule is CCCCc1cc2ccccc2c(/C=N/O)c1O[Si](C(C)C)(C(C)C)C(C)C. The zero-order chi connectivity index (χ0) is 20.9. The monoisotopic (exact) mass is 399 g/mol. The Morgan fingerprint density at radius 2 is 1.64 bits per heavy atom. The summed E-state index contributed by atoms with van der Waals surface area (Å²) in [5.74, 6) is 0.938. The minimum Gasteiger partial charge on any atom is -0.542 e. The minimum absolute atomic E-state index is 0.483. The Kier molecular flexibility index (Phi) is 7.70. The van der Waals surface area contributed by atoms with Gasteiger partial charge in [0.15, 0.2) is 0 Å². The van der Waals surface area contributed by atoms with E-state index in [-0.39, 0.29) is 0 Å². The summed E-state index contributed by atoms with van der Waals surface area (Å²) in [5.41, 5.74) is 3.59. The first-order chi connectivity index (χ1) is 13.3. The number of hydrogen-bond acceptors (Lipinski definition) is 3. The lowest BCUT2D eigenvalue weighted by molar-refractivity contribution is 0.321. The Morgan fingerprint density at radius 1 is 1.04 bits per heavy atom. The average molecular weight is 400 g/mol. The molecule has 0 spiro atoms. The molecule has 2 aromatic carbocycles. The van der Waals surface area contributed by atoms with Crippen LogP contribution >= 0.6 is 0 Å². The molecule has 0 aliphatic rings. The van der Waals surface area contributed by atoms with Crippen molar-refractivity contribution in [2.24, 2.45) is 5.16 Å². The van der Waals surface area contributed by atoms with E-state index in [9.17, 15) is 5.21 Å². The highest BCUT2D eigenvalue weighted by Gasteiger charge is 2.47. The molecule has 0 heterocycles. The number of hydrogen-bond donors (Lipinski definition) is 1. The maximum absolute atomic E-state index is 9.42. The van der Waals surface area contributed by atoms with Crippen LogP contribution < -0.4 is 4.43 Å². The quantitative estimate of drug-likeness (QED) is 0.205. The Bertz CT molecular complexity index is 790. The van der Waals surface area contributed by atoms with Crippen molar-refractivity contribution >= 4 is 25.3 Å². The van der Waals surface area contributed by atoms with Crippen LogP contribution in [0.4, 0.5) is 0 Å². The topological polar surface area (TPSA) is 41.8 Å². The van der Waals surface area contributed by atoms with Crippen LogP contribution in [-0.4, -0.2) is 19.7 Å². The second-order valence-electron chi connectivity index (χ2n) is 8.77. The fourth-order valence-electron chi connectivity index (χ4n) is 4.81. The summed E-state index contributed by atoms with van der Waals surface area (Å²) in [6.45, 7) is 16.0. The first-order valence-electron chi connectivity index (χ1n) is 10.7. The molecule has 0 aromatic heterocycles. The van der Waals surface area contributed by atoms with Crippen molar-refractivity contribution in [2.75, 3.05) is 0 Å². The number of fused-ring (bicyclic) bond motifs is 1. The molecule has 0 fully saturated rings. The molecule has 0 bridgehead atoms. The van der Waals surface area contributed by atoms with E-state index < -0.39 is 8.32 Å².